The molecule has 2 rings (SSSR count). The van der Waals surface area contributed by atoms with Gasteiger partial charge in [-0.2, -0.15) is 0 Å². The molecule has 5 heteroatoms. The van der Waals surface area contributed by atoms with E-state index in [1.807, 2.05) is 24.3 Å². The van der Waals surface area contributed by atoms with Crippen LogP contribution in [-0.4, -0.2) is 23.3 Å². The van der Waals surface area contributed by atoms with E-state index in [0.29, 0.717) is 12.4 Å². The summed E-state index contributed by atoms with van der Waals surface area (Å²) in [7, 11) is 0. The van der Waals surface area contributed by atoms with Crippen LogP contribution in [0, 0.1) is 0 Å². The molecule has 0 aliphatic carbocycles. The number of thiazole rings is 1. The minimum absolute atomic E-state index is 0.160. The van der Waals surface area contributed by atoms with Gasteiger partial charge in [-0.1, -0.05) is 37.2 Å². The van der Waals surface area contributed by atoms with E-state index in [2.05, 4.69) is 11.9 Å². The van der Waals surface area contributed by atoms with Crippen LogP contribution in [0.5, 0.6) is 0 Å². The largest absolute Gasteiger partial charge is 0.465 e. The molecule has 0 fully saturated rings. The number of nitrogens with zero attached hydrogens (tertiary/aromatic N) is 1. The van der Waals surface area contributed by atoms with Gasteiger partial charge in [-0.25, -0.2) is 4.98 Å². The maximum atomic E-state index is 11.4. The topological polar surface area (TPSA) is 39.2 Å². The molecule has 0 amide bonds. The Balaban J connectivity index is 1.84. The smallest absolute Gasteiger partial charge is 0.316 e. The predicted molar refractivity (Wildman–Crippen MR) is 76.2 cm³/mol. The average Bonchev–Trinajstić information content (AvgIpc) is 2.79. The summed E-state index contributed by atoms with van der Waals surface area (Å²) < 4.78 is 7.17. The highest BCUT2D eigenvalue weighted by Gasteiger charge is 2.08. The molecule has 3 nitrogen and oxygen atoms in total. The highest BCUT2D eigenvalue weighted by molar-refractivity contribution is 8.01. The van der Waals surface area contributed by atoms with E-state index in [1.165, 1.54) is 11.8 Å². The Kier molecular flexibility index (Phi) is 5.01. The minimum Gasteiger partial charge on any atom is -0.465 e. The van der Waals surface area contributed by atoms with E-state index in [0.717, 1.165) is 27.4 Å². The summed E-state index contributed by atoms with van der Waals surface area (Å²) >= 11 is 3.06. The first kappa shape index (κ1) is 13.4. The fourth-order valence-corrected chi connectivity index (χ4v) is 3.27. The molecule has 0 aliphatic rings. The molecule has 18 heavy (non-hydrogen) atoms. The summed E-state index contributed by atoms with van der Waals surface area (Å²) in [5.41, 5.74) is 0.990. The van der Waals surface area contributed by atoms with Crippen molar-refractivity contribution in [2.45, 2.75) is 24.1 Å². The van der Waals surface area contributed by atoms with Crippen molar-refractivity contribution in [2.75, 3.05) is 12.4 Å². The Morgan fingerprint density at radius 2 is 2.28 bits per heavy atom. The van der Waals surface area contributed by atoms with Gasteiger partial charge in [0.25, 0.3) is 0 Å². The van der Waals surface area contributed by atoms with Crippen molar-refractivity contribution in [2.24, 2.45) is 0 Å². The van der Waals surface area contributed by atoms with Gasteiger partial charge in [0.1, 0.15) is 0 Å². The maximum Gasteiger partial charge on any atom is 0.316 e. The van der Waals surface area contributed by atoms with Crippen LogP contribution in [0.1, 0.15) is 19.8 Å². The second kappa shape index (κ2) is 6.75. The van der Waals surface area contributed by atoms with Gasteiger partial charge in [-0.15, -0.1) is 11.3 Å². The zero-order valence-corrected chi connectivity index (χ0v) is 11.9. The van der Waals surface area contributed by atoms with Crippen molar-refractivity contribution >= 4 is 39.3 Å². The maximum absolute atomic E-state index is 11.4. The third-order valence-corrected chi connectivity index (χ3v) is 4.50. The summed E-state index contributed by atoms with van der Waals surface area (Å²) in [6, 6.07) is 7.98. The Morgan fingerprint density at radius 3 is 3.06 bits per heavy atom. The number of aromatic nitrogens is 1. The quantitative estimate of drug-likeness (QED) is 0.459. The van der Waals surface area contributed by atoms with Crippen molar-refractivity contribution in [1.29, 1.82) is 0 Å². The van der Waals surface area contributed by atoms with E-state index in [1.54, 1.807) is 11.3 Å². The molecule has 2 aromatic rings. The van der Waals surface area contributed by atoms with Crippen molar-refractivity contribution in [3.63, 3.8) is 0 Å². The molecule has 0 radical (unpaired) electrons. The number of carbonyl (C=O) groups excluding carboxylic acids is 1. The van der Waals surface area contributed by atoms with Crippen molar-refractivity contribution < 1.29 is 9.53 Å². The van der Waals surface area contributed by atoms with Gasteiger partial charge in [0.2, 0.25) is 0 Å². The minimum atomic E-state index is -0.160. The van der Waals surface area contributed by atoms with Gasteiger partial charge in [0.05, 0.1) is 22.6 Å². The number of thioether (sulfide) groups is 1. The number of benzene rings is 1. The molecule has 0 N–H and O–H groups in total. The van der Waals surface area contributed by atoms with Crippen LogP contribution in [0.2, 0.25) is 0 Å². The predicted octanol–water partition coefficient (Wildman–Crippen LogP) is 3.73. The molecular weight excluding hydrogens is 266 g/mol. The number of hydrogen-bond acceptors (Lipinski definition) is 5. The standard InChI is InChI=1S/C13H15NO2S2/c1-2-3-8-16-12(15)9-17-13-14-10-6-4-5-7-11(10)18-13/h4-7H,2-3,8-9H2,1H3. The highest BCUT2D eigenvalue weighted by Crippen LogP contribution is 2.29. The first-order chi connectivity index (χ1) is 8.79. The average molecular weight is 281 g/mol. The van der Waals surface area contributed by atoms with Crippen LogP contribution in [0.15, 0.2) is 28.6 Å². The number of rotatable bonds is 6. The molecular formula is C13H15NO2S2. The van der Waals surface area contributed by atoms with Gasteiger partial charge in [0.15, 0.2) is 4.34 Å². The lowest BCUT2D eigenvalue weighted by Gasteiger charge is -2.01. The van der Waals surface area contributed by atoms with Gasteiger partial charge in [0, 0.05) is 0 Å². The lowest BCUT2D eigenvalue weighted by Crippen LogP contribution is -2.08. The molecule has 1 heterocycles. The number of esters is 1. The summed E-state index contributed by atoms with van der Waals surface area (Å²) in [6.45, 7) is 2.60. The Morgan fingerprint density at radius 1 is 1.44 bits per heavy atom. The Bertz CT molecular complexity index is 491. The molecule has 0 saturated heterocycles. The number of fused-ring (bicyclic) bond motifs is 1. The van der Waals surface area contributed by atoms with Crippen LogP contribution >= 0.6 is 23.1 Å². The molecule has 0 spiro atoms. The number of hydrogen-bond donors (Lipinski definition) is 0. The first-order valence-corrected chi connectivity index (χ1v) is 7.74. The molecule has 96 valence electrons. The first-order valence-electron chi connectivity index (χ1n) is 5.93. The lowest BCUT2D eigenvalue weighted by molar-refractivity contribution is -0.140. The van der Waals surface area contributed by atoms with Gasteiger partial charge in [-0.05, 0) is 18.6 Å². The third-order valence-electron chi connectivity index (χ3n) is 2.35. The van der Waals surface area contributed by atoms with Crippen molar-refractivity contribution in [3.8, 4) is 0 Å². The van der Waals surface area contributed by atoms with Crippen LogP contribution < -0.4 is 0 Å². The van der Waals surface area contributed by atoms with Crippen LogP contribution in [-0.2, 0) is 9.53 Å². The second-order valence-corrected chi connectivity index (χ2v) is 6.06. The fraction of sp³-hybridized carbons (Fsp3) is 0.385. The van der Waals surface area contributed by atoms with Crippen molar-refractivity contribution in [3.05, 3.63) is 24.3 Å². The van der Waals surface area contributed by atoms with Crippen molar-refractivity contribution in [1.82, 2.24) is 4.98 Å². The number of para-hydroxylation sites is 1. The monoisotopic (exact) mass is 281 g/mol. The Labute approximate surface area is 115 Å². The van der Waals surface area contributed by atoms with Gasteiger partial charge in [-0.3, -0.25) is 4.79 Å². The highest BCUT2D eigenvalue weighted by atomic mass is 32.2. The molecule has 0 bridgehead atoms. The number of ether oxygens (including phenoxy) is 1. The van der Waals surface area contributed by atoms with Crippen LogP contribution in [0.3, 0.4) is 0 Å². The summed E-state index contributed by atoms with van der Waals surface area (Å²) in [5.74, 6) is 0.177. The molecule has 0 saturated carbocycles. The Hall–Kier alpha value is -1.07. The van der Waals surface area contributed by atoms with Gasteiger partial charge >= 0.3 is 5.97 Å². The zero-order chi connectivity index (χ0) is 12.8. The van der Waals surface area contributed by atoms with E-state index >= 15 is 0 Å². The van der Waals surface area contributed by atoms with E-state index < -0.39 is 0 Å². The summed E-state index contributed by atoms with van der Waals surface area (Å²) in [4.78, 5) is 15.9. The van der Waals surface area contributed by atoms with Gasteiger partial charge < -0.3 is 4.74 Å². The van der Waals surface area contributed by atoms with Crippen LogP contribution in [0.4, 0.5) is 0 Å². The van der Waals surface area contributed by atoms with E-state index in [9.17, 15) is 4.79 Å². The third kappa shape index (κ3) is 3.71. The molecule has 0 aliphatic heterocycles. The van der Waals surface area contributed by atoms with E-state index in [-0.39, 0.29) is 5.97 Å². The summed E-state index contributed by atoms with van der Waals surface area (Å²) in [6.07, 6.45) is 1.97. The molecule has 0 atom stereocenters. The number of unbranched alkanes of at least 4 members (excludes halogenated alkanes) is 1. The zero-order valence-electron chi connectivity index (χ0n) is 10.2. The number of carbonyl (C=O) groups is 1. The molecule has 0 unspecified atom stereocenters. The normalized spacial score (nSPS) is 10.7. The van der Waals surface area contributed by atoms with Crippen LogP contribution in [0.25, 0.3) is 10.2 Å². The lowest BCUT2D eigenvalue weighted by atomic mass is 10.3. The SMILES string of the molecule is CCCCOC(=O)CSc1nc2ccccc2s1. The molecule has 1 aromatic carbocycles. The second-order valence-electron chi connectivity index (χ2n) is 3.81. The van der Waals surface area contributed by atoms with E-state index in [4.69, 9.17) is 4.74 Å². The summed E-state index contributed by atoms with van der Waals surface area (Å²) in [5, 5.41) is 0. The fourth-order valence-electron chi connectivity index (χ4n) is 1.41. The molecule has 1 aromatic heterocycles.